The van der Waals surface area contributed by atoms with Gasteiger partial charge in [-0.3, -0.25) is 0 Å². The van der Waals surface area contributed by atoms with Gasteiger partial charge in [-0.05, 0) is 24.1 Å². The van der Waals surface area contributed by atoms with Crippen LogP contribution in [0.25, 0.3) is 11.0 Å². The van der Waals surface area contributed by atoms with Crippen molar-refractivity contribution in [3.8, 4) is 0 Å². The molecule has 18 heavy (non-hydrogen) atoms. The second kappa shape index (κ2) is 4.09. The van der Waals surface area contributed by atoms with Crippen molar-refractivity contribution in [2.75, 3.05) is 6.26 Å². The normalized spacial score (nSPS) is 16.9. The van der Waals surface area contributed by atoms with E-state index in [4.69, 9.17) is 0 Å². The van der Waals surface area contributed by atoms with Gasteiger partial charge < -0.3 is 4.98 Å². The highest BCUT2D eigenvalue weighted by Crippen LogP contribution is 2.29. The van der Waals surface area contributed by atoms with E-state index in [-0.39, 0.29) is 0 Å². The summed E-state index contributed by atoms with van der Waals surface area (Å²) in [6.07, 6.45) is 6.09. The first-order chi connectivity index (χ1) is 8.52. The Morgan fingerprint density at radius 1 is 1.39 bits per heavy atom. The number of nitrogens with zero attached hydrogens (tertiary/aromatic N) is 1. The molecular weight excluding hydrogens is 248 g/mol. The molecule has 0 amide bonds. The predicted molar refractivity (Wildman–Crippen MR) is 70.2 cm³/mol. The highest BCUT2D eigenvalue weighted by Gasteiger charge is 2.19. The van der Waals surface area contributed by atoms with Crippen LogP contribution in [0.15, 0.2) is 23.1 Å². The third-order valence-electron chi connectivity index (χ3n) is 3.64. The van der Waals surface area contributed by atoms with E-state index in [1.165, 1.54) is 25.5 Å². The van der Waals surface area contributed by atoms with Crippen LogP contribution in [-0.2, 0) is 16.3 Å². The van der Waals surface area contributed by atoms with E-state index < -0.39 is 9.84 Å². The number of hydrogen-bond acceptors (Lipinski definition) is 3. The van der Waals surface area contributed by atoms with Gasteiger partial charge in [-0.1, -0.05) is 19.3 Å². The van der Waals surface area contributed by atoms with E-state index in [2.05, 4.69) is 9.97 Å². The Hall–Kier alpha value is -1.36. The van der Waals surface area contributed by atoms with Crippen LogP contribution in [-0.4, -0.2) is 24.6 Å². The number of imidazole rings is 1. The molecule has 1 aromatic carbocycles. The maximum atomic E-state index is 11.5. The fourth-order valence-corrected chi connectivity index (χ4v) is 2.99. The Labute approximate surface area is 106 Å². The van der Waals surface area contributed by atoms with Crippen LogP contribution in [0.4, 0.5) is 0 Å². The zero-order valence-corrected chi connectivity index (χ0v) is 11.1. The number of aromatic amines is 1. The minimum Gasteiger partial charge on any atom is -0.342 e. The van der Waals surface area contributed by atoms with Crippen LogP contribution in [0, 0.1) is 5.92 Å². The molecule has 0 saturated heterocycles. The van der Waals surface area contributed by atoms with E-state index in [9.17, 15) is 8.42 Å². The molecule has 0 unspecified atom stereocenters. The average molecular weight is 264 g/mol. The molecule has 5 heteroatoms. The molecule has 96 valence electrons. The molecule has 0 spiro atoms. The summed E-state index contributed by atoms with van der Waals surface area (Å²) in [6, 6.07) is 5.06. The molecule has 0 aliphatic heterocycles. The summed E-state index contributed by atoms with van der Waals surface area (Å²) in [4.78, 5) is 8.08. The van der Waals surface area contributed by atoms with Gasteiger partial charge in [0.1, 0.15) is 5.82 Å². The minimum atomic E-state index is -3.15. The Balaban J connectivity index is 1.96. The zero-order valence-electron chi connectivity index (χ0n) is 10.3. The van der Waals surface area contributed by atoms with Crippen molar-refractivity contribution >= 4 is 20.9 Å². The molecule has 4 nitrogen and oxygen atoms in total. The molecule has 1 saturated carbocycles. The van der Waals surface area contributed by atoms with Crippen LogP contribution in [0.2, 0.25) is 0 Å². The average Bonchev–Trinajstić information content (AvgIpc) is 2.63. The highest BCUT2D eigenvalue weighted by molar-refractivity contribution is 7.90. The molecule has 0 atom stereocenters. The Bertz CT molecular complexity index is 684. The third kappa shape index (κ3) is 2.14. The molecule has 2 aromatic rings. The first-order valence-electron chi connectivity index (χ1n) is 6.21. The molecule has 1 N–H and O–H groups in total. The first kappa shape index (κ1) is 11.7. The van der Waals surface area contributed by atoms with Gasteiger partial charge in [0.25, 0.3) is 0 Å². The summed E-state index contributed by atoms with van der Waals surface area (Å²) >= 11 is 0. The number of benzene rings is 1. The summed E-state index contributed by atoms with van der Waals surface area (Å²) in [5.74, 6) is 1.72. The van der Waals surface area contributed by atoms with Gasteiger partial charge in [0.05, 0.1) is 15.9 Å². The van der Waals surface area contributed by atoms with Gasteiger partial charge in [-0.2, -0.15) is 0 Å². The number of hydrogen-bond donors (Lipinski definition) is 1. The Morgan fingerprint density at radius 3 is 2.78 bits per heavy atom. The second-order valence-electron chi connectivity index (χ2n) is 5.14. The SMILES string of the molecule is CS(=O)(=O)c1ccc2nc(CC3CCC3)[nH]c2c1. The largest absolute Gasteiger partial charge is 0.342 e. The Morgan fingerprint density at radius 2 is 2.17 bits per heavy atom. The van der Waals surface area contributed by atoms with Crippen LogP contribution < -0.4 is 0 Å². The van der Waals surface area contributed by atoms with Crippen molar-refractivity contribution in [3.05, 3.63) is 24.0 Å². The van der Waals surface area contributed by atoms with Crippen LogP contribution >= 0.6 is 0 Å². The van der Waals surface area contributed by atoms with Gasteiger partial charge in [-0.15, -0.1) is 0 Å². The lowest BCUT2D eigenvalue weighted by Gasteiger charge is -2.23. The van der Waals surface area contributed by atoms with E-state index in [0.29, 0.717) is 4.90 Å². The molecule has 1 aliphatic rings. The van der Waals surface area contributed by atoms with Crippen LogP contribution in [0.3, 0.4) is 0 Å². The van der Waals surface area contributed by atoms with Gasteiger partial charge in [0.15, 0.2) is 9.84 Å². The summed E-state index contributed by atoms with van der Waals surface area (Å²) in [5.41, 5.74) is 1.66. The fourth-order valence-electron chi connectivity index (χ4n) is 2.34. The van der Waals surface area contributed by atoms with E-state index in [1.54, 1.807) is 18.2 Å². The van der Waals surface area contributed by atoms with Crippen LogP contribution in [0.1, 0.15) is 25.1 Å². The summed E-state index contributed by atoms with van der Waals surface area (Å²) in [6.45, 7) is 0. The lowest BCUT2D eigenvalue weighted by molar-refractivity contribution is 0.310. The Kier molecular flexibility index (Phi) is 2.66. The maximum absolute atomic E-state index is 11.5. The highest BCUT2D eigenvalue weighted by atomic mass is 32.2. The molecule has 3 rings (SSSR count). The lowest BCUT2D eigenvalue weighted by Crippen LogP contribution is -2.14. The fraction of sp³-hybridized carbons (Fsp3) is 0.462. The van der Waals surface area contributed by atoms with E-state index in [1.807, 2.05) is 0 Å². The first-order valence-corrected chi connectivity index (χ1v) is 8.10. The van der Waals surface area contributed by atoms with E-state index in [0.717, 1.165) is 29.2 Å². The van der Waals surface area contributed by atoms with Crippen molar-refractivity contribution in [2.45, 2.75) is 30.6 Å². The quantitative estimate of drug-likeness (QED) is 0.925. The van der Waals surface area contributed by atoms with Gasteiger partial charge >= 0.3 is 0 Å². The number of rotatable bonds is 3. The molecule has 1 fully saturated rings. The number of H-pyrrole nitrogens is 1. The summed E-state index contributed by atoms with van der Waals surface area (Å²) < 4.78 is 23.0. The molecule has 1 aliphatic carbocycles. The second-order valence-corrected chi connectivity index (χ2v) is 7.15. The lowest BCUT2D eigenvalue weighted by atomic mass is 9.83. The van der Waals surface area contributed by atoms with Crippen molar-refractivity contribution in [1.29, 1.82) is 0 Å². The van der Waals surface area contributed by atoms with Crippen molar-refractivity contribution in [2.24, 2.45) is 5.92 Å². The summed E-state index contributed by atoms with van der Waals surface area (Å²) in [5, 5.41) is 0. The van der Waals surface area contributed by atoms with Gasteiger partial charge in [0, 0.05) is 12.7 Å². The number of fused-ring (bicyclic) bond motifs is 1. The van der Waals surface area contributed by atoms with Crippen LogP contribution in [0.5, 0.6) is 0 Å². The van der Waals surface area contributed by atoms with E-state index >= 15 is 0 Å². The molecule has 1 aromatic heterocycles. The third-order valence-corrected chi connectivity index (χ3v) is 4.75. The molecular formula is C13H16N2O2S. The monoisotopic (exact) mass is 264 g/mol. The number of nitrogens with one attached hydrogen (secondary N) is 1. The molecule has 0 radical (unpaired) electrons. The van der Waals surface area contributed by atoms with Crippen molar-refractivity contribution in [3.63, 3.8) is 0 Å². The number of aromatic nitrogens is 2. The van der Waals surface area contributed by atoms with Gasteiger partial charge in [0.2, 0.25) is 0 Å². The van der Waals surface area contributed by atoms with Crippen molar-refractivity contribution < 1.29 is 8.42 Å². The predicted octanol–water partition coefficient (Wildman–Crippen LogP) is 2.31. The number of sulfone groups is 1. The van der Waals surface area contributed by atoms with Gasteiger partial charge in [-0.25, -0.2) is 13.4 Å². The molecule has 1 heterocycles. The minimum absolute atomic E-state index is 0.342. The smallest absolute Gasteiger partial charge is 0.175 e. The topological polar surface area (TPSA) is 62.8 Å². The standard InChI is InChI=1S/C13H16N2O2S/c1-18(16,17)10-5-6-11-12(8-10)15-13(14-11)7-9-3-2-4-9/h5-6,8-9H,2-4,7H2,1H3,(H,14,15). The maximum Gasteiger partial charge on any atom is 0.175 e. The van der Waals surface area contributed by atoms with Crippen molar-refractivity contribution in [1.82, 2.24) is 9.97 Å². The zero-order chi connectivity index (χ0) is 12.8. The summed E-state index contributed by atoms with van der Waals surface area (Å²) in [7, 11) is -3.15. The molecule has 0 bridgehead atoms.